The lowest BCUT2D eigenvalue weighted by molar-refractivity contribution is 0.917. The normalized spacial score (nSPS) is 10.5. The standard InChI is InChI=1S/C16H19BrN2/c1-12-3-5-13(6-4-12)11-19(2)16-8-14(10-18)7-15(17)9-16/h3-9H,10-11,18H2,1-2H3. The average molecular weight is 319 g/mol. The van der Waals surface area contributed by atoms with E-state index in [0.29, 0.717) is 6.54 Å². The minimum absolute atomic E-state index is 0.560. The van der Waals surface area contributed by atoms with Crippen LogP contribution in [-0.4, -0.2) is 7.05 Å². The van der Waals surface area contributed by atoms with Crippen LogP contribution < -0.4 is 10.6 Å². The fraction of sp³-hybridized carbons (Fsp3) is 0.250. The molecular weight excluding hydrogens is 300 g/mol. The summed E-state index contributed by atoms with van der Waals surface area (Å²) < 4.78 is 1.07. The molecule has 100 valence electrons. The van der Waals surface area contributed by atoms with Crippen molar-refractivity contribution in [2.45, 2.75) is 20.0 Å². The van der Waals surface area contributed by atoms with Gasteiger partial charge in [-0.15, -0.1) is 0 Å². The number of anilines is 1. The maximum atomic E-state index is 5.72. The molecule has 0 atom stereocenters. The second kappa shape index (κ2) is 6.22. The predicted octanol–water partition coefficient (Wildman–Crippen LogP) is 3.85. The van der Waals surface area contributed by atoms with Gasteiger partial charge in [0.05, 0.1) is 0 Å². The fourth-order valence-electron chi connectivity index (χ4n) is 2.03. The van der Waals surface area contributed by atoms with Crippen molar-refractivity contribution in [1.82, 2.24) is 0 Å². The Kier molecular flexibility index (Phi) is 4.61. The Balaban J connectivity index is 2.17. The number of hydrogen-bond acceptors (Lipinski definition) is 2. The molecule has 2 N–H and O–H groups in total. The van der Waals surface area contributed by atoms with Crippen molar-refractivity contribution in [2.24, 2.45) is 5.73 Å². The summed E-state index contributed by atoms with van der Waals surface area (Å²) in [6.45, 7) is 3.56. The molecule has 0 saturated heterocycles. The molecule has 0 bridgehead atoms. The Morgan fingerprint density at radius 1 is 1.05 bits per heavy atom. The number of benzene rings is 2. The molecule has 2 nitrogen and oxygen atoms in total. The van der Waals surface area contributed by atoms with Crippen molar-refractivity contribution in [1.29, 1.82) is 0 Å². The zero-order chi connectivity index (χ0) is 13.8. The van der Waals surface area contributed by atoms with Gasteiger partial charge in [0.15, 0.2) is 0 Å². The SMILES string of the molecule is Cc1ccc(CN(C)c2cc(Br)cc(CN)c2)cc1. The summed E-state index contributed by atoms with van der Waals surface area (Å²) in [5.41, 5.74) is 10.6. The Bertz CT molecular complexity index is 549. The van der Waals surface area contributed by atoms with E-state index in [1.165, 1.54) is 16.8 Å². The summed E-state index contributed by atoms with van der Waals surface area (Å²) in [6.07, 6.45) is 0. The highest BCUT2D eigenvalue weighted by Crippen LogP contribution is 2.23. The summed E-state index contributed by atoms with van der Waals surface area (Å²) in [7, 11) is 2.10. The van der Waals surface area contributed by atoms with E-state index in [-0.39, 0.29) is 0 Å². The third kappa shape index (κ3) is 3.82. The van der Waals surface area contributed by atoms with Gasteiger partial charge in [-0.25, -0.2) is 0 Å². The summed E-state index contributed by atoms with van der Waals surface area (Å²) in [4.78, 5) is 2.23. The molecule has 3 heteroatoms. The van der Waals surface area contributed by atoms with Crippen LogP contribution in [0, 0.1) is 6.92 Å². The lowest BCUT2D eigenvalue weighted by atomic mass is 10.1. The molecule has 2 rings (SSSR count). The lowest BCUT2D eigenvalue weighted by Crippen LogP contribution is -2.16. The van der Waals surface area contributed by atoms with E-state index in [2.05, 4.69) is 77.3 Å². The number of rotatable bonds is 4. The molecule has 0 heterocycles. The first-order valence-corrected chi connectivity index (χ1v) is 7.14. The molecule has 0 amide bonds. The number of halogens is 1. The van der Waals surface area contributed by atoms with Gasteiger partial charge in [-0.1, -0.05) is 45.8 Å². The molecule has 19 heavy (non-hydrogen) atoms. The quantitative estimate of drug-likeness (QED) is 0.927. The molecule has 2 aromatic carbocycles. The van der Waals surface area contributed by atoms with Crippen molar-refractivity contribution in [3.63, 3.8) is 0 Å². The first-order valence-electron chi connectivity index (χ1n) is 6.34. The van der Waals surface area contributed by atoms with Crippen LogP contribution in [0.2, 0.25) is 0 Å². The van der Waals surface area contributed by atoms with E-state index in [4.69, 9.17) is 5.73 Å². The maximum absolute atomic E-state index is 5.72. The van der Waals surface area contributed by atoms with Crippen molar-refractivity contribution >= 4 is 21.6 Å². The molecular formula is C16H19BrN2. The topological polar surface area (TPSA) is 29.3 Å². The lowest BCUT2D eigenvalue weighted by Gasteiger charge is -2.20. The van der Waals surface area contributed by atoms with Gasteiger partial charge in [0.2, 0.25) is 0 Å². The van der Waals surface area contributed by atoms with Gasteiger partial charge in [0, 0.05) is 30.3 Å². The second-order valence-corrected chi connectivity index (χ2v) is 5.78. The number of hydrogen-bond donors (Lipinski definition) is 1. The first-order chi connectivity index (χ1) is 9.08. The van der Waals surface area contributed by atoms with Gasteiger partial charge in [-0.3, -0.25) is 0 Å². The van der Waals surface area contributed by atoms with Crippen LogP contribution in [-0.2, 0) is 13.1 Å². The van der Waals surface area contributed by atoms with E-state index in [1.807, 2.05) is 0 Å². The predicted molar refractivity (Wildman–Crippen MR) is 85.3 cm³/mol. The highest BCUT2D eigenvalue weighted by molar-refractivity contribution is 9.10. The molecule has 0 aliphatic carbocycles. The largest absolute Gasteiger partial charge is 0.370 e. The summed E-state index contributed by atoms with van der Waals surface area (Å²) in [6, 6.07) is 15.0. The van der Waals surface area contributed by atoms with Crippen molar-refractivity contribution in [3.8, 4) is 0 Å². The van der Waals surface area contributed by atoms with E-state index < -0.39 is 0 Å². The van der Waals surface area contributed by atoms with Crippen LogP contribution in [0.15, 0.2) is 46.9 Å². The molecule has 0 unspecified atom stereocenters. The monoisotopic (exact) mass is 318 g/mol. The van der Waals surface area contributed by atoms with Crippen LogP contribution in [0.5, 0.6) is 0 Å². The first kappa shape index (κ1) is 14.1. The van der Waals surface area contributed by atoms with E-state index in [0.717, 1.165) is 16.6 Å². The van der Waals surface area contributed by atoms with E-state index in [1.54, 1.807) is 0 Å². The van der Waals surface area contributed by atoms with Gasteiger partial charge in [0.1, 0.15) is 0 Å². The van der Waals surface area contributed by atoms with Crippen molar-refractivity contribution < 1.29 is 0 Å². The second-order valence-electron chi connectivity index (χ2n) is 4.86. The average Bonchev–Trinajstić information content (AvgIpc) is 2.40. The number of aryl methyl sites for hydroxylation is 1. The Labute approximate surface area is 123 Å². The van der Waals surface area contributed by atoms with Crippen molar-refractivity contribution in [3.05, 3.63) is 63.6 Å². The van der Waals surface area contributed by atoms with Crippen LogP contribution in [0.4, 0.5) is 5.69 Å². The maximum Gasteiger partial charge on any atom is 0.0426 e. The molecule has 0 radical (unpaired) electrons. The van der Waals surface area contributed by atoms with Crippen LogP contribution in [0.1, 0.15) is 16.7 Å². The highest BCUT2D eigenvalue weighted by atomic mass is 79.9. The smallest absolute Gasteiger partial charge is 0.0426 e. The van der Waals surface area contributed by atoms with Gasteiger partial charge >= 0.3 is 0 Å². The van der Waals surface area contributed by atoms with E-state index >= 15 is 0 Å². The molecule has 0 aliphatic heterocycles. The van der Waals surface area contributed by atoms with Crippen molar-refractivity contribution in [2.75, 3.05) is 11.9 Å². The molecule has 0 aliphatic rings. The van der Waals surface area contributed by atoms with Gasteiger partial charge < -0.3 is 10.6 Å². The molecule has 0 spiro atoms. The fourth-order valence-corrected chi connectivity index (χ4v) is 2.56. The zero-order valence-corrected chi connectivity index (χ0v) is 12.9. The highest BCUT2D eigenvalue weighted by Gasteiger charge is 2.05. The number of nitrogens with two attached hydrogens (primary N) is 1. The summed E-state index contributed by atoms with van der Waals surface area (Å²) >= 11 is 3.53. The van der Waals surface area contributed by atoms with Crippen LogP contribution >= 0.6 is 15.9 Å². The third-order valence-electron chi connectivity index (χ3n) is 3.16. The van der Waals surface area contributed by atoms with Gasteiger partial charge in [-0.2, -0.15) is 0 Å². The Morgan fingerprint density at radius 2 is 1.74 bits per heavy atom. The molecule has 0 fully saturated rings. The minimum Gasteiger partial charge on any atom is -0.370 e. The van der Waals surface area contributed by atoms with Crippen LogP contribution in [0.25, 0.3) is 0 Å². The van der Waals surface area contributed by atoms with Gasteiger partial charge in [0.25, 0.3) is 0 Å². The van der Waals surface area contributed by atoms with Gasteiger partial charge in [-0.05, 0) is 36.2 Å². The number of nitrogens with zero attached hydrogens (tertiary/aromatic N) is 1. The third-order valence-corrected chi connectivity index (χ3v) is 3.62. The summed E-state index contributed by atoms with van der Waals surface area (Å²) in [5, 5.41) is 0. The molecule has 0 saturated carbocycles. The molecule has 2 aromatic rings. The van der Waals surface area contributed by atoms with Crippen LogP contribution in [0.3, 0.4) is 0 Å². The summed E-state index contributed by atoms with van der Waals surface area (Å²) in [5.74, 6) is 0. The zero-order valence-electron chi connectivity index (χ0n) is 11.4. The minimum atomic E-state index is 0.560. The molecule has 0 aromatic heterocycles. The van der Waals surface area contributed by atoms with E-state index in [9.17, 15) is 0 Å². The Hall–Kier alpha value is -1.32. The Morgan fingerprint density at radius 3 is 2.37 bits per heavy atom.